The van der Waals surface area contributed by atoms with Gasteiger partial charge in [-0.3, -0.25) is 9.78 Å². The Labute approximate surface area is 203 Å². The van der Waals surface area contributed by atoms with Crippen LogP contribution in [0.25, 0.3) is 0 Å². The van der Waals surface area contributed by atoms with Crippen LogP contribution in [0.4, 0.5) is 0 Å². The van der Waals surface area contributed by atoms with E-state index in [1.54, 1.807) is 48.9 Å². The van der Waals surface area contributed by atoms with Crippen LogP contribution in [-0.4, -0.2) is 23.7 Å². The van der Waals surface area contributed by atoms with Gasteiger partial charge in [0.05, 0.1) is 16.4 Å². The third-order valence-electron chi connectivity index (χ3n) is 4.04. The summed E-state index contributed by atoms with van der Waals surface area (Å²) in [6, 6.07) is 12.2. The van der Waals surface area contributed by atoms with Gasteiger partial charge in [0.2, 0.25) is 0 Å². The highest BCUT2D eigenvalue weighted by molar-refractivity contribution is 14.1. The third kappa shape index (κ3) is 6.56. The van der Waals surface area contributed by atoms with Gasteiger partial charge in [0, 0.05) is 33.6 Å². The molecule has 0 aliphatic heterocycles. The Kier molecular flexibility index (Phi) is 8.51. The van der Waals surface area contributed by atoms with Crippen LogP contribution in [0.3, 0.4) is 0 Å². The molecule has 0 unspecified atom stereocenters. The first-order valence-corrected chi connectivity index (χ1v) is 11.1. The molecule has 0 spiro atoms. The molecule has 6 nitrogen and oxygen atoms in total. The SMILES string of the molecule is CCOc1cc(/C=N\NC(=O)c2ccncc2)cc(I)c1OCc1ccc(Cl)cc1Cl. The van der Waals surface area contributed by atoms with E-state index in [1.165, 1.54) is 0 Å². The Morgan fingerprint density at radius 1 is 1.16 bits per heavy atom. The average Bonchev–Trinajstić information content (AvgIpc) is 2.75. The highest BCUT2D eigenvalue weighted by Crippen LogP contribution is 2.35. The molecule has 1 aromatic heterocycles. The molecule has 31 heavy (non-hydrogen) atoms. The molecular weight excluding hydrogens is 552 g/mol. The number of benzene rings is 2. The van der Waals surface area contributed by atoms with Crippen molar-refractivity contribution >= 4 is 57.9 Å². The molecule has 1 N–H and O–H groups in total. The molecular formula is C22H18Cl2IN3O3. The van der Waals surface area contributed by atoms with Gasteiger partial charge < -0.3 is 9.47 Å². The summed E-state index contributed by atoms with van der Waals surface area (Å²) < 4.78 is 12.6. The monoisotopic (exact) mass is 569 g/mol. The first kappa shape index (κ1) is 23.3. The number of hydrogen-bond donors (Lipinski definition) is 1. The van der Waals surface area contributed by atoms with E-state index >= 15 is 0 Å². The standard InChI is InChI=1S/C22H18Cl2IN3O3/c1-2-30-20-10-14(12-27-28-22(29)15-5-7-26-8-6-15)9-19(25)21(20)31-13-16-3-4-17(23)11-18(16)24/h3-12H,2,13H2,1H3,(H,28,29)/b27-12-. The summed E-state index contributed by atoms with van der Waals surface area (Å²) in [5.41, 5.74) is 4.53. The van der Waals surface area contributed by atoms with Crippen molar-refractivity contribution in [2.45, 2.75) is 13.5 Å². The van der Waals surface area contributed by atoms with E-state index in [0.29, 0.717) is 33.7 Å². The van der Waals surface area contributed by atoms with Gasteiger partial charge in [0.15, 0.2) is 11.5 Å². The summed E-state index contributed by atoms with van der Waals surface area (Å²) in [6.07, 6.45) is 4.64. The molecule has 0 atom stereocenters. The molecule has 0 bridgehead atoms. The second-order valence-electron chi connectivity index (χ2n) is 6.22. The number of carbonyl (C=O) groups is 1. The topological polar surface area (TPSA) is 72.8 Å². The zero-order valence-corrected chi connectivity index (χ0v) is 20.1. The Balaban J connectivity index is 1.74. The number of halogens is 3. The van der Waals surface area contributed by atoms with Gasteiger partial charge in [-0.1, -0.05) is 29.3 Å². The van der Waals surface area contributed by atoms with Gasteiger partial charge in [0.25, 0.3) is 5.91 Å². The van der Waals surface area contributed by atoms with Crippen LogP contribution in [0.15, 0.2) is 60.0 Å². The summed E-state index contributed by atoms with van der Waals surface area (Å²) in [6.45, 7) is 2.62. The van der Waals surface area contributed by atoms with Gasteiger partial charge in [-0.05, 0) is 71.5 Å². The molecule has 0 saturated heterocycles. The number of pyridine rings is 1. The van der Waals surface area contributed by atoms with Crippen molar-refractivity contribution in [3.8, 4) is 11.5 Å². The Bertz CT molecular complexity index is 1090. The van der Waals surface area contributed by atoms with E-state index in [9.17, 15) is 4.79 Å². The molecule has 9 heteroatoms. The molecule has 0 fully saturated rings. The summed E-state index contributed by atoms with van der Waals surface area (Å²) in [7, 11) is 0. The molecule has 160 valence electrons. The van der Waals surface area contributed by atoms with Crippen molar-refractivity contribution in [3.63, 3.8) is 0 Å². The zero-order chi connectivity index (χ0) is 22.2. The van der Waals surface area contributed by atoms with Gasteiger partial charge in [-0.2, -0.15) is 5.10 Å². The van der Waals surface area contributed by atoms with Gasteiger partial charge >= 0.3 is 0 Å². The Morgan fingerprint density at radius 3 is 2.65 bits per heavy atom. The molecule has 3 rings (SSSR count). The molecule has 0 saturated carbocycles. The molecule has 0 radical (unpaired) electrons. The highest BCUT2D eigenvalue weighted by Gasteiger charge is 2.13. The second kappa shape index (κ2) is 11.3. The predicted molar refractivity (Wildman–Crippen MR) is 130 cm³/mol. The van der Waals surface area contributed by atoms with Crippen molar-refractivity contribution < 1.29 is 14.3 Å². The normalized spacial score (nSPS) is 10.8. The number of carbonyl (C=O) groups excluding carboxylic acids is 1. The second-order valence-corrected chi connectivity index (χ2v) is 8.23. The highest BCUT2D eigenvalue weighted by atomic mass is 127. The number of hydrazone groups is 1. The molecule has 2 aromatic carbocycles. The van der Waals surface area contributed by atoms with Crippen LogP contribution in [0.2, 0.25) is 10.0 Å². The van der Waals surface area contributed by atoms with Gasteiger partial charge in [0.1, 0.15) is 6.61 Å². The summed E-state index contributed by atoms with van der Waals surface area (Å²) >= 11 is 14.4. The van der Waals surface area contributed by atoms with E-state index in [0.717, 1.165) is 14.7 Å². The van der Waals surface area contributed by atoms with Crippen molar-refractivity contribution in [3.05, 3.63) is 85.2 Å². The molecule has 0 aliphatic rings. The van der Waals surface area contributed by atoms with Crippen LogP contribution in [-0.2, 0) is 6.61 Å². The van der Waals surface area contributed by atoms with Crippen molar-refractivity contribution in [1.82, 2.24) is 10.4 Å². The molecule has 1 amide bonds. The van der Waals surface area contributed by atoms with Crippen LogP contribution >= 0.6 is 45.8 Å². The lowest BCUT2D eigenvalue weighted by Gasteiger charge is -2.15. The first-order valence-electron chi connectivity index (χ1n) is 9.24. The fraction of sp³-hybridized carbons (Fsp3) is 0.136. The summed E-state index contributed by atoms with van der Waals surface area (Å²) in [5, 5.41) is 5.13. The number of aromatic nitrogens is 1. The predicted octanol–water partition coefficient (Wildman–Crippen LogP) is 5.73. The Morgan fingerprint density at radius 2 is 1.94 bits per heavy atom. The largest absolute Gasteiger partial charge is 0.490 e. The van der Waals surface area contributed by atoms with Crippen molar-refractivity contribution in [2.75, 3.05) is 6.61 Å². The van der Waals surface area contributed by atoms with Crippen molar-refractivity contribution in [2.24, 2.45) is 5.10 Å². The lowest BCUT2D eigenvalue weighted by Crippen LogP contribution is -2.17. The minimum absolute atomic E-state index is 0.265. The quantitative estimate of drug-likeness (QED) is 0.213. The molecule has 0 aliphatic carbocycles. The lowest BCUT2D eigenvalue weighted by molar-refractivity contribution is 0.0955. The minimum Gasteiger partial charge on any atom is -0.490 e. The fourth-order valence-corrected chi connectivity index (χ4v) is 3.83. The van der Waals surface area contributed by atoms with Crippen molar-refractivity contribution in [1.29, 1.82) is 0 Å². The number of nitrogens with one attached hydrogen (secondary N) is 1. The van der Waals surface area contributed by atoms with E-state index in [4.69, 9.17) is 32.7 Å². The number of amides is 1. The number of hydrogen-bond acceptors (Lipinski definition) is 5. The zero-order valence-electron chi connectivity index (χ0n) is 16.4. The van der Waals surface area contributed by atoms with E-state index in [-0.39, 0.29) is 12.5 Å². The Hall–Kier alpha value is -2.36. The maximum Gasteiger partial charge on any atom is 0.271 e. The lowest BCUT2D eigenvalue weighted by atomic mass is 10.2. The minimum atomic E-state index is -0.321. The fourth-order valence-electron chi connectivity index (χ4n) is 2.59. The van der Waals surface area contributed by atoms with Crippen LogP contribution < -0.4 is 14.9 Å². The number of ether oxygens (including phenoxy) is 2. The van der Waals surface area contributed by atoms with Crippen LogP contribution in [0.1, 0.15) is 28.4 Å². The van der Waals surface area contributed by atoms with Gasteiger partial charge in [-0.15, -0.1) is 0 Å². The summed E-state index contributed by atoms with van der Waals surface area (Å²) in [5.74, 6) is 0.853. The number of nitrogens with zero attached hydrogens (tertiary/aromatic N) is 2. The van der Waals surface area contributed by atoms with E-state index in [1.807, 2.05) is 19.1 Å². The maximum atomic E-state index is 12.1. The van der Waals surface area contributed by atoms with Gasteiger partial charge in [-0.25, -0.2) is 5.43 Å². The van der Waals surface area contributed by atoms with E-state index < -0.39 is 0 Å². The average molecular weight is 570 g/mol. The number of rotatable bonds is 8. The van der Waals surface area contributed by atoms with Crippen LogP contribution in [0, 0.1) is 3.57 Å². The molecule has 1 heterocycles. The molecule has 3 aromatic rings. The maximum absolute atomic E-state index is 12.1. The van der Waals surface area contributed by atoms with Crippen LogP contribution in [0.5, 0.6) is 11.5 Å². The first-order chi connectivity index (χ1) is 15.0. The summed E-state index contributed by atoms with van der Waals surface area (Å²) in [4.78, 5) is 16.0. The smallest absolute Gasteiger partial charge is 0.271 e. The third-order valence-corrected chi connectivity index (χ3v) is 5.43. The van der Waals surface area contributed by atoms with E-state index in [2.05, 4.69) is 38.1 Å².